The fourth-order valence-electron chi connectivity index (χ4n) is 2.32. The third kappa shape index (κ3) is 6.22. The van der Waals surface area contributed by atoms with Gasteiger partial charge in [0.05, 0.1) is 5.56 Å². The molecule has 0 aliphatic carbocycles. The van der Waals surface area contributed by atoms with Crippen molar-refractivity contribution in [3.63, 3.8) is 0 Å². The molecule has 0 aromatic heterocycles. The standard InChI is InChI=1S/C15H15Br2F8N3O2S/c1-9(2)3-4-13(29)30-27-8-26-14(16,28(27)17)10-5-11(15(18,19)20)7-12(6-10)31(21,22,23,24)25/h5-9H,3-4H2,1-2H3. The number of hydrogen-bond donors (Lipinski definition) is 0. The Morgan fingerprint density at radius 2 is 1.77 bits per heavy atom. The number of carbonyl (C=O) groups is 1. The summed E-state index contributed by atoms with van der Waals surface area (Å²) < 4.78 is 104. The van der Waals surface area contributed by atoms with Crippen LogP contribution in [-0.4, -0.2) is 21.5 Å². The molecule has 31 heavy (non-hydrogen) atoms. The Kier molecular flexibility index (Phi) is 6.28. The first-order valence-electron chi connectivity index (χ1n) is 8.30. The van der Waals surface area contributed by atoms with Crippen molar-refractivity contribution in [2.45, 2.75) is 42.3 Å². The first kappa shape index (κ1) is 26.1. The summed E-state index contributed by atoms with van der Waals surface area (Å²) in [6, 6.07) is -0.596. The van der Waals surface area contributed by atoms with Crippen molar-refractivity contribution >= 4 is 54.6 Å². The van der Waals surface area contributed by atoms with E-state index in [4.69, 9.17) is 4.84 Å². The van der Waals surface area contributed by atoms with Crippen LogP contribution in [0.2, 0.25) is 0 Å². The highest BCUT2D eigenvalue weighted by Crippen LogP contribution is 3.02. The largest absolute Gasteiger partial charge is 0.416 e. The highest BCUT2D eigenvalue weighted by atomic mass is 79.9. The summed E-state index contributed by atoms with van der Waals surface area (Å²) in [6.45, 7) is 3.68. The van der Waals surface area contributed by atoms with Crippen LogP contribution in [0.4, 0.5) is 32.6 Å². The lowest BCUT2D eigenvalue weighted by atomic mass is 10.1. The summed E-state index contributed by atoms with van der Waals surface area (Å²) in [5, 5.41) is 0.594. The number of carbonyl (C=O) groups excluding carboxylic acids is 1. The molecule has 0 N–H and O–H groups in total. The summed E-state index contributed by atoms with van der Waals surface area (Å²) in [4.78, 5) is 17.8. The van der Waals surface area contributed by atoms with Gasteiger partial charge in [0.2, 0.25) is 4.57 Å². The van der Waals surface area contributed by atoms with Crippen LogP contribution in [0, 0.1) is 5.92 Å². The zero-order valence-corrected chi connectivity index (χ0v) is 19.6. The molecule has 0 radical (unpaired) electrons. The number of hydroxylamine groups is 1. The molecule has 0 saturated heterocycles. The Hall–Kier alpha value is -1.13. The molecule has 0 bridgehead atoms. The van der Waals surface area contributed by atoms with Gasteiger partial charge in [0.15, 0.2) is 0 Å². The van der Waals surface area contributed by atoms with Crippen molar-refractivity contribution in [1.29, 1.82) is 0 Å². The van der Waals surface area contributed by atoms with Crippen molar-refractivity contribution in [3.05, 3.63) is 29.3 Å². The normalized spacial score (nSPS) is 22.5. The maximum atomic E-state index is 13.3. The molecular formula is C15H15Br2F8N3O2S. The van der Waals surface area contributed by atoms with Crippen LogP contribution in [-0.2, 0) is 20.4 Å². The van der Waals surface area contributed by atoms with Crippen molar-refractivity contribution in [3.8, 4) is 0 Å². The molecule has 0 amide bonds. The second kappa shape index (κ2) is 7.45. The van der Waals surface area contributed by atoms with E-state index in [9.17, 15) is 37.4 Å². The summed E-state index contributed by atoms with van der Waals surface area (Å²) in [5.41, 5.74) is -2.91. The Morgan fingerprint density at radius 1 is 1.19 bits per heavy atom. The highest BCUT2D eigenvalue weighted by molar-refractivity contribution is 9.11. The minimum Gasteiger partial charge on any atom is -0.323 e. The molecule has 0 fully saturated rings. The SMILES string of the molecule is CC(C)CCC(=O)ON1C=NC(Br)(c2cc(C(F)(F)F)cc(S(F)(F)(F)(F)F)c2)N1Br. The minimum absolute atomic E-state index is 0.0317. The van der Waals surface area contributed by atoms with E-state index in [2.05, 4.69) is 37.1 Å². The van der Waals surface area contributed by atoms with Gasteiger partial charge in [0.1, 0.15) is 11.2 Å². The summed E-state index contributed by atoms with van der Waals surface area (Å²) in [6.07, 6.45) is -4.17. The van der Waals surface area contributed by atoms with E-state index < -0.39 is 49.0 Å². The Balaban J connectivity index is 2.46. The van der Waals surface area contributed by atoms with Gasteiger partial charge in [0.25, 0.3) is 0 Å². The highest BCUT2D eigenvalue weighted by Gasteiger charge is 2.66. The van der Waals surface area contributed by atoms with E-state index in [1.165, 1.54) is 0 Å². The molecule has 5 nitrogen and oxygen atoms in total. The van der Waals surface area contributed by atoms with Crippen LogP contribution in [0.1, 0.15) is 37.8 Å². The third-order valence-electron chi connectivity index (χ3n) is 3.91. The van der Waals surface area contributed by atoms with Crippen LogP contribution in [0.3, 0.4) is 0 Å². The second-order valence-corrected chi connectivity index (χ2v) is 11.2. The molecule has 1 unspecified atom stereocenters. The maximum absolute atomic E-state index is 13.3. The average Bonchev–Trinajstić information content (AvgIpc) is 2.86. The lowest BCUT2D eigenvalue weighted by Gasteiger charge is -2.41. The van der Waals surface area contributed by atoms with Crippen LogP contribution in [0.15, 0.2) is 28.1 Å². The number of aliphatic imine (C=N–C) groups is 1. The number of rotatable bonds is 6. The van der Waals surface area contributed by atoms with Crippen LogP contribution in [0.5, 0.6) is 0 Å². The minimum atomic E-state index is -10.5. The molecule has 16 heteroatoms. The monoisotopic (exact) mass is 611 g/mol. The number of halogens is 10. The van der Waals surface area contributed by atoms with E-state index in [-0.39, 0.29) is 24.5 Å². The predicted octanol–water partition coefficient (Wildman–Crippen LogP) is 7.63. The van der Waals surface area contributed by atoms with Gasteiger partial charge >= 0.3 is 22.4 Å². The lowest BCUT2D eigenvalue weighted by Crippen LogP contribution is -2.40. The summed E-state index contributed by atoms with van der Waals surface area (Å²) >= 11 is 5.65. The van der Waals surface area contributed by atoms with Gasteiger partial charge in [-0.2, -0.15) is 13.2 Å². The average molecular weight is 613 g/mol. The molecule has 2 rings (SSSR count). The fourth-order valence-corrected chi connectivity index (χ4v) is 3.93. The zero-order valence-electron chi connectivity index (χ0n) is 15.6. The Morgan fingerprint density at radius 3 is 2.26 bits per heavy atom. The smallest absolute Gasteiger partial charge is 0.323 e. The Bertz CT molecular complexity index is 910. The second-order valence-electron chi connectivity index (χ2n) is 7.00. The summed E-state index contributed by atoms with van der Waals surface area (Å²) in [5.74, 6) is -0.608. The molecule has 1 atom stereocenters. The molecule has 1 aliphatic rings. The number of hydrazine groups is 1. The molecule has 178 valence electrons. The van der Waals surface area contributed by atoms with Crippen LogP contribution in [0.25, 0.3) is 0 Å². The van der Waals surface area contributed by atoms with Gasteiger partial charge in [-0.1, -0.05) is 37.3 Å². The van der Waals surface area contributed by atoms with Crippen LogP contribution < -0.4 is 0 Å². The first-order valence-corrected chi connectivity index (χ1v) is 11.8. The van der Waals surface area contributed by atoms with Crippen molar-refractivity contribution in [2.75, 3.05) is 0 Å². The molecule has 0 spiro atoms. The molecule has 1 aliphatic heterocycles. The van der Waals surface area contributed by atoms with Crippen molar-refractivity contribution in [2.24, 2.45) is 10.9 Å². The fraction of sp³-hybridized carbons (Fsp3) is 0.467. The molecule has 0 saturated carbocycles. The first-order chi connectivity index (χ1) is 13.6. The quantitative estimate of drug-likeness (QED) is 0.143. The van der Waals surface area contributed by atoms with E-state index in [1.807, 2.05) is 13.8 Å². The number of alkyl halides is 4. The predicted molar refractivity (Wildman–Crippen MR) is 105 cm³/mol. The van der Waals surface area contributed by atoms with E-state index in [1.54, 1.807) is 0 Å². The van der Waals surface area contributed by atoms with Crippen molar-refractivity contribution in [1.82, 2.24) is 9.21 Å². The van der Waals surface area contributed by atoms with Crippen molar-refractivity contribution < 1.29 is 42.2 Å². The van der Waals surface area contributed by atoms with Gasteiger partial charge in [-0.25, -0.2) is 9.79 Å². The van der Waals surface area contributed by atoms with Crippen LogP contribution >= 0.6 is 42.3 Å². The summed E-state index contributed by atoms with van der Waals surface area (Å²) in [7, 11) is -10.5. The third-order valence-corrected chi connectivity index (χ3v) is 7.34. The topological polar surface area (TPSA) is 45.1 Å². The zero-order chi connectivity index (χ0) is 24.1. The van der Waals surface area contributed by atoms with Gasteiger partial charge in [-0.3, -0.25) is 0 Å². The molecular weight excluding hydrogens is 598 g/mol. The van der Waals surface area contributed by atoms with Gasteiger partial charge in [-0.05, 0) is 46.5 Å². The van der Waals surface area contributed by atoms with E-state index in [0.717, 1.165) is 6.34 Å². The Labute approximate surface area is 188 Å². The molecule has 1 aromatic carbocycles. The number of nitrogens with zero attached hydrogens (tertiary/aromatic N) is 3. The van der Waals surface area contributed by atoms with Gasteiger partial charge in [0, 0.05) is 28.1 Å². The number of hydrogen-bond acceptors (Lipinski definition) is 5. The molecule has 1 heterocycles. The van der Waals surface area contributed by atoms with Gasteiger partial charge < -0.3 is 4.84 Å². The number of benzene rings is 1. The van der Waals surface area contributed by atoms with E-state index in [0.29, 0.717) is 15.6 Å². The van der Waals surface area contributed by atoms with E-state index >= 15 is 0 Å². The molecule has 1 aromatic rings. The lowest BCUT2D eigenvalue weighted by molar-refractivity contribution is -0.201. The van der Waals surface area contributed by atoms with Gasteiger partial charge in [-0.15, -0.1) is 5.17 Å². The maximum Gasteiger partial charge on any atom is 0.416 e.